The number of ether oxygens (including phenoxy) is 1. The van der Waals surface area contributed by atoms with Crippen LogP contribution >= 0.6 is 0 Å². The minimum Gasteiger partial charge on any atom is -0.444 e. The van der Waals surface area contributed by atoms with Crippen LogP contribution in [0.4, 0.5) is 4.79 Å². The van der Waals surface area contributed by atoms with Gasteiger partial charge < -0.3 is 14.7 Å². The highest BCUT2D eigenvalue weighted by Gasteiger charge is 2.35. The molecule has 1 heterocycles. The van der Waals surface area contributed by atoms with E-state index in [1.807, 2.05) is 34.6 Å². The molecule has 2 atom stereocenters. The van der Waals surface area contributed by atoms with Gasteiger partial charge in [-0.2, -0.15) is 0 Å². The molecule has 0 saturated carbocycles. The lowest BCUT2D eigenvalue weighted by Crippen LogP contribution is -2.52. The topological polar surface area (TPSA) is 49.8 Å². The molecule has 0 spiro atoms. The summed E-state index contributed by atoms with van der Waals surface area (Å²) >= 11 is 0. The van der Waals surface area contributed by atoms with Crippen LogP contribution in [0.1, 0.15) is 53.9 Å². The lowest BCUT2D eigenvalue weighted by Gasteiger charge is -2.40. The van der Waals surface area contributed by atoms with Crippen LogP contribution < -0.4 is 0 Å². The molecule has 1 aliphatic heterocycles. The molecule has 4 heteroatoms. The zero-order valence-corrected chi connectivity index (χ0v) is 12.3. The molecule has 0 radical (unpaired) electrons. The van der Waals surface area contributed by atoms with Gasteiger partial charge in [0.2, 0.25) is 0 Å². The molecule has 0 aromatic heterocycles. The molecular formula is C14H27NO3. The summed E-state index contributed by atoms with van der Waals surface area (Å²) in [7, 11) is 0. The number of carbonyl (C=O) groups excluding carboxylic acids is 1. The monoisotopic (exact) mass is 257 g/mol. The normalized spacial score (nSPS) is 23.1. The number of hydrogen-bond acceptors (Lipinski definition) is 3. The number of likely N-dealkylation sites (tertiary alicyclic amines) is 1. The summed E-state index contributed by atoms with van der Waals surface area (Å²) in [5, 5.41) is 10.2. The van der Waals surface area contributed by atoms with Crippen molar-refractivity contribution in [2.75, 3.05) is 6.54 Å². The van der Waals surface area contributed by atoms with Crippen LogP contribution in [0.2, 0.25) is 0 Å². The summed E-state index contributed by atoms with van der Waals surface area (Å²) in [5.74, 6) is 0.151. The van der Waals surface area contributed by atoms with Gasteiger partial charge in [-0.25, -0.2) is 4.79 Å². The van der Waals surface area contributed by atoms with Gasteiger partial charge in [0.05, 0.1) is 12.1 Å². The van der Waals surface area contributed by atoms with E-state index in [-0.39, 0.29) is 18.1 Å². The Labute approximate surface area is 110 Å². The van der Waals surface area contributed by atoms with Crippen LogP contribution in [0.25, 0.3) is 0 Å². The van der Waals surface area contributed by atoms with Gasteiger partial charge in [-0.3, -0.25) is 0 Å². The number of hydrogen-bond donors (Lipinski definition) is 1. The third-order valence-electron chi connectivity index (χ3n) is 3.25. The van der Waals surface area contributed by atoms with E-state index >= 15 is 0 Å². The van der Waals surface area contributed by atoms with Crippen molar-refractivity contribution in [3.63, 3.8) is 0 Å². The summed E-state index contributed by atoms with van der Waals surface area (Å²) in [6, 6.07) is -0.103. The number of piperidine rings is 1. The lowest BCUT2D eigenvalue weighted by molar-refractivity contribution is -0.0269. The molecule has 0 aromatic carbocycles. The average molecular weight is 257 g/mol. The molecular weight excluding hydrogens is 230 g/mol. The molecule has 4 nitrogen and oxygen atoms in total. The standard InChI is InChI=1S/C14H27NO3/c1-10(2)12(16)11-8-6-7-9-15(11)13(17)18-14(3,4)5/h10-12,16H,6-9H2,1-5H3. The van der Waals surface area contributed by atoms with Crippen LogP contribution in [0.5, 0.6) is 0 Å². The number of nitrogens with zero attached hydrogens (tertiary/aromatic N) is 1. The summed E-state index contributed by atoms with van der Waals surface area (Å²) in [5.41, 5.74) is -0.484. The predicted molar refractivity (Wildman–Crippen MR) is 71.4 cm³/mol. The highest BCUT2D eigenvalue weighted by Crippen LogP contribution is 2.25. The minimum absolute atomic E-state index is 0.103. The fourth-order valence-corrected chi connectivity index (χ4v) is 2.30. The van der Waals surface area contributed by atoms with E-state index in [0.29, 0.717) is 6.54 Å². The van der Waals surface area contributed by atoms with Crippen LogP contribution in [-0.2, 0) is 4.74 Å². The van der Waals surface area contributed by atoms with Gasteiger partial charge >= 0.3 is 6.09 Å². The van der Waals surface area contributed by atoms with E-state index in [4.69, 9.17) is 4.74 Å². The Bertz CT molecular complexity index is 283. The van der Waals surface area contributed by atoms with E-state index in [1.165, 1.54) is 0 Å². The van der Waals surface area contributed by atoms with Gasteiger partial charge in [-0.05, 0) is 46.0 Å². The van der Waals surface area contributed by atoms with Crippen molar-refractivity contribution in [3.05, 3.63) is 0 Å². The maximum atomic E-state index is 12.1. The molecule has 0 aliphatic carbocycles. The fraction of sp³-hybridized carbons (Fsp3) is 0.929. The highest BCUT2D eigenvalue weighted by molar-refractivity contribution is 5.68. The van der Waals surface area contributed by atoms with E-state index in [1.54, 1.807) is 4.90 Å². The Morgan fingerprint density at radius 3 is 2.44 bits per heavy atom. The SMILES string of the molecule is CC(C)C(O)C1CCCCN1C(=O)OC(C)(C)C. The summed E-state index contributed by atoms with van der Waals surface area (Å²) in [6.45, 7) is 10.2. The fourth-order valence-electron chi connectivity index (χ4n) is 2.30. The third kappa shape index (κ3) is 4.16. The van der Waals surface area contributed by atoms with Crippen LogP contribution in [0.3, 0.4) is 0 Å². The summed E-state index contributed by atoms with van der Waals surface area (Å²) in [6.07, 6.45) is 2.14. The van der Waals surface area contributed by atoms with Crippen molar-refractivity contribution >= 4 is 6.09 Å². The molecule has 2 unspecified atom stereocenters. The van der Waals surface area contributed by atoms with E-state index < -0.39 is 11.7 Å². The maximum Gasteiger partial charge on any atom is 0.410 e. The van der Waals surface area contributed by atoms with Gasteiger partial charge in [-0.15, -0.1) is 0 Å². The molecule has 1 amide bonds. The number of aliphatic hydroxyl groups excluding tert-OH is 1. The number of carbonyl (C=O) groups is 1. The molecule has 0 bridgehead atoms. The first-order valence-corrected chi connectivity index (χ1v) is 6.90. The summed E-state index contributed by atoms with van der Waals surface area (Å²) in [4.78, 5) is 13.9. The average Bonchev–Trinajstić information content (AvgIpc) is 2.25. The van der Waals surface area contributed by atoms with Gasteiger partial charge in [0.25, 0.3) is 0 Å². The van der Waals surface area contributed by atoms with E-state index in [9.17, 15) is 9.90 Å². The van der Waals surface area contributed by atoms with Crippen LogP contribution in [0.15, 0.2) is 0 Å². The maximum absolute atomic E-state index is 12.1. The first-order chi connectivity index (χ1) is 8.22. The van der Waals surface area contributed by atoms with Gasteiger partial charge in [0.1, 0.15) is 5.60 Å². The highest BCUT2D eigenvalue weighted by atomic mass is 16.6. The molecule has 18 heavy (non-hydrogen) atoms. The zero-order chi connectivity index (χ0) is 13.9. The molecule has 1 fully saturated rings. The quantitative estimate of drug-likeness (QED) is 0.827. The number of rotatable bonds is 2. The molecule has 1 rings (SSSR count). The van der Waals surface area contributed by atoms with Crippen molar-refractivity contribution in [2.24, 2.45) is 5.92 Å². The van der Waals surface area contributed by atoms with Crippen molar-refractivity contribution in [2.45, 2.75) is 71.6 Å². The summed E-state index contributed by atoms with van der Waals surface area (Å²) < 4.78 is 5.41. The molecule has 0 aromatic rings. The first-order valence-electron chi connectivity index (χ1n) is 6.90. The van der Waals surface area contributed by atoms with Gasteiger partial charge in [0, 0.05) is 6.54 Å². The second-order valence-corrected chi connectivity index (χ2v) is 6.47. The van der Waals surface area contributed by atoms with Crippen molar-refractivity contribution in [1.82, 2.24) is 4.90 Å². The number of aliphatic hydroxyl groups is 1. The Morgan fingerprint density at radius 1 is 1.33 bits per heavy atom. The van der Waals surface area contributed by atoms with Crippen LogP contribution in [0, 0.1) is 5.92 Å². The predicted octanol–water partition coefficient (Wildman–Crippen LogP) is 2.79. The minimum atomic E-state index is -0.484. The molecule has 1 saturated heterocycles. The van der Waals surface area contributed by atoms with E-state index in [0.717, 1.165) is 19.3 Å². The van der Waals surface area contributed by atoms with Crippen molar-refractivity contribution in [3.8, 4) is 0 Å². The Morgan fingerprint density at radius 2 is 1.94 bits per heavy atom. The molecule has 106 valence electrons. The largest absolute Gasteiger partial charge is 0.444 e. The molecule has 1 aliphatic rings. The lowest BCUT2D eigenvalue weighted by atomic mass is 9.91. The first kappa shape index (κ1) is 15.3. The second kappa shape index (κ2) is 5.91. The smallest absolute Gasteiger partial charge is 0.410 e. The van der Waals surface area contributed by atoms with Crippen molar-refractivity contribution < 1.29 is 14.6 Å². The molecule has 1 N–H and O–H groups in total. The van der Waals surface area contributed by atoms with Crippen LogP contribution in [-0.4, -0.2) is 40.4 Å². The Hall–Kier alpha value is -0.770. The Kier molecular flexibility index (Phi) is 5.02. The van der Waals surface area contributed by atoms with Crippen molar-refractivity contribution in [1.29, 1.82) is 0 Å². The Balaban J connectivity index is 2.73. The number of amides is 1. The third-order valence-corrected chi connectivity index (χ3v) is 3.25. The zero-order valence-electron chi connectivity index (χ0n) is 12.3. The second-order valence-electron chi connectivity index (χ2n) is 6.47. The van der Waals surface area contributed by atoms with Gasteiger partial charge in [-0.1, -0.05) is 13.8 Å². The van der Waals surface area contributed by atoms with E-state index in [2.05, 4.69) is 0 Å². The van der Waals surface area contributed by atoms with Gasteiger partial charge in [0.15, 0.2) is 0 Å².